The lowest BCUT2D eigenvalue weighted by molar-refractivity contribution is 0.337. The third-order valence-corrected chi connectivity index (χ3v) is 2.79. The zero-order valence-corrected chi connectivity index (χ0v) is 10.8. The summed E-state index contributed by atoms with van der Waals surface area (Å²) in [6, 6.07) is 0.509. The first kappa shape index (κ1) is 12.2. The van der Waals surface area contributed by atoms with Gasteiger partial charge in [0.1, 0.15) is 12.2 Å². The zero-order chi connectivity index (χ0) is 11.6. The van der Waals surface area contributed by atoms with Crippen molar-refractivity contribution >= 4 is 0 Å². The van der Waals surface area contributed by atoms with Crippen molar-refractivity contribution in [3.05, 3.63) is 12.2 Å². The van der Waals surface area contributed by atoms with Crippen molar-refractivity contribution in [2.45, 2.75) is 59.4 Å². The Morgan fingerprint density at radius 3 is 2.33 bits per heavy atom. The van der Waals surface area contributed by atoms with Crippen LogP contribution in [0.1, 0.15) is 59.8 Å². The summed E-state index contributed by atoms with van der Waals surface area (Å²) in [4.78, 5) is 0. The first-order chi connectivity index (χ1) is 6.88. The van der Waals surface area contributed by atoms with Crippen LogP contribution in [0.3, 0.4) is 0 Å². The number of hydrogen-bond donors (Lipinski definition) is 0. The van der Waals surface area contributed by atoms with Gasteiger partial charge in [-0.3, -0.25) is 0 Å². The molecule has 15 heavy (non-hydrogen) atoms. The zero-order valence-electron chi connectivity index (χ0n) is 10.8. The number of nitrogens with zero attached hydrogens (tertiary/aromatic N) is 3. The second kappa shape index (κ2) is 4.33. The van der Waals surface area contributed by atoms with Crippen molar-refractivity contribution in [1.29, 1.82) is 0 Å². The van der Waals surface area contributed by atoms with E-state index in [0.29, 0.717) is 12.0 Å². The van der Waals surface area contributed by atoms with Crippen LogP contribution in [-0.4, -0.2) is 14.8 Å². The fourth-order valence-corrected chi connectivity index (χ4v) is 2.01. The van der Waals surface area contributed by atoms with E-state index in [4.69, 9.17) is 0 Å². The minimum Gasteiger partial charge on any atom is -0.314 e. The van der Waals surface area contributed by atoms with Crippen molar-refractivity contribution in [3.8, 4) is 0 Å². The van der Waals surface area contributed by atoms with E-state index in [1.165, 1.54) is 0 Å². The van der Waals surface area contributed by atoms with Crippen LogP contribution in [-0.2, 0) is 5.41 Å². The van der Waals surface area contributed by atoms with Gasteiger partial charge in [0.15, 0.2) is 0 Å². The van der Waals surface area contributed by atoms with Crippen molar-refractivity contribution in [2.75, 3.05) is 0 Å². The van der Waals surface area contributed by atoms with Crippen LogP contribution in [0.25, 0.3) is 0 Å². The quantitative estimate of drug-likeness (QED) is 0.765. The maximum Gasteiger partial charge on any atom is 0.138 e. The molecular formula is C12H23N3. The van der Waals surface area contributed by atoms with Crippen molar-refractivity contribution < 1.29 is 0 Å². The van der Waals surface area contributed by atoms with E-state index in [0.717, 1.165) is 12.2 Å². The van der Waals surface area contributed by atoms with Crippen LogP contribution < -0.4 is 0 Å². The van der Waals surface area contributed by atoms with Gasteiger partial charge >= 0.3 is 0 Å². The van der Waals surface area contributed by atoms with Gasteiger partial charge < -0.3 is 4.57 Å². The molecule has 0 amide bonds. The molecule has 1 atom stereocenters. The summed E-state index contributed by atoms with van der Waals surface area (Å²) in [5.74, 6) is 1.70. The van der Waals surface area contributed by atoms with Crippen LogP contribution in [0, 0.1) is 5.92 Å². The Balaban J connectivity index is 3.09. The fourth-order valence-electron chi connectivity index (χ4n) is 2.01. The van der Waals surface area contributed by atoms with Crippen molar-refractivity contribution in [3.63, 3.8) is 0 Å². The monoisotopic (exact) mass is 209 g/mol. The van der Waals surface area contributed by atoms with E-state index in [1.54, 1.807) is 0 Å². The average molecular weight is 209 g/mol. The molecule has 0 aliphatic heterocycles. The molecule has 0 radical (unpaired) electrons. The predicted molar refractivity (Wildman–Crippen MR) is 62.9 cm³/mol. The molecule has 0 aromatic carbocycles. The highest BCUT2D eigenvalue weighted by Crippen LogP contribution is 2.27. The summed E-state index contributed by atoms with van der Waals surface area (Å²) in [5.41, 5.74) is 0.0683. The van der Waals surface area contributed by atoms with Gasteiger partial charge in [0.25, 0.3) is 0 Å². The molecule has 0 saturated carbocycles. The Morgan fingerprint density at radius 2 is 1.93 bits per heavy atom. The minimum absolute atomic E-state index is 0.0683. The van der Waals surface area contributed by atoms with Gasteiger partial charge in [-0.05, 0) is 12.3 Å². The number of rotatable bonds is 3. The molecule has 3 heteroatoms. The standard InChI is InChI=1S/C12H23N3/c1-7-10(9(2)3)15-8-13-14-11(15)12(4,5)6/h8-10H,7H2,1-6H3. The molecule has 1 rings (SSSR count). The summed E-state index contributed by atoms with van der Waals surface area (Å²) < 4.78 is 2.24. The molecule has 1 heterocycles. The second-order valence-electron chi connectivity index (χ2n) is 5.53. The van der Waals surface area contributed by atoms with Gasteiger partial charge in [0.2, 0.25) is 0 Å². The predicted octanol–water partition coefficient (Wildman–Crippen LogP) is 3.18. The minimum atomic E-state index is 0.0683. The molecule has 0 N–H and O–H groups in total. The molecule has 0 aliphatic rings. The molecule has 1 aromatic rings. The topological polar surface area (TPSA) is 30.7 Å². The Bertz CT molecular complexity index is 307. The third-order valence-electron chi connectivity index (χ3n) is 2.79. The highest BCUT2D eigenvalue weighted by molar-refractivity contribution is 5.03. The summed E-state index contributed by atoms with van der Waals surface area (Å²) >= 11 is 0. The largest absolute Gasteiger partial charge is 0.314 e. The number of hydrogen-bond acceptors (Lipinski definition) is 2. The highest BCUT2D eigenvalue weighted by atomic mass is 15.3. The smallest absolute Gasteiger partial charge is 0.138 e. The molecule has 3 nitrogen and oxygen atoms in total. The van der Waals surface area contributed by atoms with E-state index >= 15 is 0 Å². The molecular weight excluding hydrogens is 186 g/mol. The van der Waals surface area contributed by atoms with Crippen LogP contribution in [0.4, 0.5) is 0 Å². The van der Waals surface area contributed by atoms with E-state index in [-0.39, 0.29) is 5.41 Å². The van der Waals surface area contributed by atoms with Gasteiger partial charge in [0, 0.05) is 11.5 Å². The third kappa shape index (κ3) is 2.58. The maximum atomic E-state index is 4.25. The Hall–Kier alpha value is -0.860. The molecule has 0 spiro atoms. The molecule has 1 unspecified atom stereocenters. The van der Waals surface area contributed by atoms with Crippen LogP contribution in [0.2, 0.25) is 0 Å². The van der Waals surface area contributed by atoms with Crippen LogP contribution >= 0.6 is 0 Å². The van der Waals surface area contributed by atoms with Crippen molar-refractivity contribution in [2.24, 2.45) is 5.92 Å². The Morgan fingerprint density at radius 1 is 1.33 bits per heavy atom. The summed E-state index contributed by atoms with van der Waals surface area (Å²) in [5, 5.41) is 8.30. The molecule has 0 aliphatic carbocycles. The van der Waals surface area contributed by atoms with E-state index in [9.17, 15) is 0 Å². The Kier molecular flexibility index (Phi) is 3.53. The van der Waals surface area contributed by atoms with Crippen LogP contribution in [0.15, 0.2) is 6.33 Å². The van der Waals surface area contributed by atoms with Crippen molar-refractivity contribution in [1.82, 2.24) is 14.8 Å². The summed E-state index contributed by atoms with van der Waals surface area (Å²) in [7, 11) is 0. The lowest BCUT2D eigenvalue weighted by Gasteiger charge is -2.26. The average Bonchev–Trinajstić information content (AvgIpc) is 2.52. The van der Waals surface area contributed by atoms with Gasteiger partial charge in [-0.25, -0.2) is 0 Å². The number of aromatic nitrogens is 3. The van der Waals surface area contributed by atoms with E-state index in [2.05, 4.69) is 56.3 Å². The van der Waals surface area contributed by atoms with Gasteiger partial charge in [-0.1, -0.05) is 41.5 Å². The normalized spacial score (nSPS) is 14.6. The summed E-state index contributed by atoms with van der Waals surface area (Å²) in [6.45, 7) is 13.3. The lowest BCUT2D eigenvalue weighted by Crippen LogP contribution is -2.24. The first-order valence-corrected chi connectivity index (χ1v) is 5.78. The first-order valence-electron chi connectivity index (χ1n) is 5.78. The molecule has 0 fully saturated rings. The molecule has 86 valence electrons. The molecule has 0 bridgehead atoms. The van der Waals surface area contributed by atoms with Crippen LogP contribution in [0.5, 0.6) is 0 Å². The SMILES string of the molecule is CCC(C(C)C)n1cnnc1C(C)(C)C. The van der Waals surface area contributed by atoms with E-state index < -0.39 is 0 Å². The fraction of sp³-hybridized carbons (Fsp3) is 0.833. The molecule has 1 aromatic heterocycles. The van der Waals surface area contributed by atoms with Gasteiger partial charge in [-0.2, -0.15) is 0 Å². The highest BCUT2D eigenvalue weighted by Gasteiger charge is 2.25. The lowest BCUT2D eigenvalue weighted by atomic mass is 9.93. The van der Waals surface area contributed by atoms with E-state index in [1.807, 2.05) is 6.33 Å². The molecule has 0 saturated heterocycles. The van der Waals surface area contributed by atoms with Gasteiger partial charge in [-0.15, -0.1) is 10.2 Å². The second-order valence-corrected chi connectivity index (χ2v) is 5.53. The summed E-state index contributed by atoms with van der Waals surface area (Å²) in [6.07, 6.45) is 2.99. The van der Waals surface area contributed by atoms with Gasteiger partial charge in [0.05, 0.1) is 0 Å². The Labute approximate surface area is 92.9 Å². The maximum absolute atomic E-state index is 4.25.